The highest BCUT2D eigenvalue weighted by Gasteiger charge is 2.33. The van der Waals surface area contributed by atoms with Gasteiger partial charge in [-0.25, -0.2) is 0 Å². The average Bonchev–Trinajstić information content (AvgIpc) is 2.61. The second-order valence-corrected chi connectivity index (χ2v) is 2.90. The van der Waals surface area contributed by atoms with E-state index in [0.29, 0.717) is 6.61 Å². The van der Waals surface area contributed by atoms with Crippen molar-refractivity contribution in [3.8, 4) is 0 Å². The Kier molecular flexibility index (Phi) is 6.53. The smallest absolute Gasteiger partial charge is 0.325 e. The Morgan fingerprint density at radius 1 is 1.71 bits per heavy atom. The maximum Gasteiger partial charge on any atom is 0.325 e. The van der Waals surface area contributed by atoms with Crippen LogP contribution in [0.15, 0.2) is 12.7 Å². The third-order valence-corrected chi connectivity index (χ3v) is 2.05. The number of hydrogen-bond acceptors (Lipinski definition) is 4. The lowest BCUT2D eigenvalue weighted by atomic mass is 10.2. The van der Waals surface area contributed by atoms with Crippen LogP contribution in [0.2, 0.25) is 0 Å². The molecule has 2 atom stereocenters. The second-order valence-electron chi connectivity index (χ2n) is 2.90. The number of carbonyl (C=O) groups is 1. The Morgan fingerprint density at radius 3 is 3.00 bits per heavy atom. The van der Waals surface area contributed by atoms with Gasteiger partial charge in [-0.15, -0.1) is 19.0 Å². The fourth-order valence-corrected chi connectivity index (χ4v) is 1.41. The molecule has 0 radical (unpaired) electrons. The number of methoxy groups -OCH3 is 1. The van der Waals surface area contributed by atoms with E-state index in [0.717, 1.165) is 13.0 Å². The molecule has 0 spiro atoms. The lowest BCUT2D eigenvalue weighted by Crippen LogP contribution is -2.40. The molecule has 1 rings (SSSR count). The van der Waals surface area contributed by atoms with Crippen molar-refractivity contribution < 1.29 is 14.3 Å². The molecule has 1 heterocycles. The SMILES string of the molecule is C=CCO[C@H]1CCNC1C(=O)OC.Cl. The van der Waals surface area contributed by atoms with Crippen LogP contribution in [0.5, 0.6) is 0 Å². The number of nitrogens with one attached hydrogen (secondary N) is 1. The van der Waals surface area contributed by atoms with Gasteiger partial charge in [0.05, 0.1) is 19.8 Å². The Labute approximate surface area is 90.1 Å². The summed E-state index contributed by atoms with van der Waals surface area (Å²) in [7, 11) is 1.38. The molecule has 1 aliphatic rings. The minimum Gasteiger partial charge on any atom is -0.468 e. The molecule has 82 valence electrons. The summed E-state index contributed by atoms with van der Waals surface area (Å²) in [6.07, 6.45) is 2.44. The van der Waals surface area contributed by atoms with Crippen molar-refractivity contribution in [3.63, 3.8) is 0 Å². The van der Waals surface area contributed by atoms with Gasteiger partial charge in [-0.1, -0.05) is 6.08 Å². The van der Waals surface area contributed by atoms with Crippen LogP contribution < -0.4 is 5.32 Å². The first-order chi connectivity index (χ1) is 6.29. The number of halogens is 1. The van der Waals surface area contributed by atoms with E-state index >= 15 is 0 Å². The molecular weight excluding hydrogens is 206 g/mol. The quantitative estimate of drug-likeness (QED) is 0.555. The Bertz CT molecular complexity index is 198. The van der Waals surface area contributed by atoms with Crippen molar-refractivity contribution in [3.05, 3.63) is 12.7 Å². The molecule has 1 saturated heterocycles. The predicted molar refractivity (Wildman–Crippen MR) is 55.6 cm³/mol. The first-order valence-corrected chi connectivity index (χ1v) is 4.33. The second kappa shape index (κ2) is 6.81. The van der Waals surface area contributed by atoms with Gasteiger partial charge >= 0.3 is 5.97 Å². The maximum absolute atomic E-state index is 11.2. The zero-order valence-electron chi connectivity index (χ0n) is 8.19. The van der Waals surface area contributed by atoms with Gasteiger partial charge in [0.15, 0.2) is 0 Å². The molecule has 1 aliphatic heterocycles. The Morgan fingerprint density at radius 2 is 2.43 bits per heavy atom. The summed E-state index contributed by atoms with van der Waals surface area (Å²) in [5.41, 5.74) is 0. The molecule has 1 unspecified atom stereocenters. The molecule has 0 amide bonds. The predicted octanol–water partition coefficient (Wildman–Crippen LogP) is 0.514. The normalized spacial score (nSPS) is 25.2. The topological polar surface area (TPSA) is 47.6 Å². The summed E-state index contributed by atoms with van der Waals surface area (Å²) < 4.78 is 10.0. The van der Waals surface area contributed by atoms with Crippen molar-refractivity contribution >= 4 is 18.4 Å². The molecule has 14 heavy (non-hydrogen) atoms. The van der Waals surface area contributed by atoms with Gasteiger partial charge in [0.2, 0.25) is 0 Å². The van der Waals surface area contributed by atoms with E-state index in [2.05, 4.69) is 16.6 Å². The minimum atomic E-state index is -0.315. The van der Waals surface area contributed by atoms with Crippen LogP contribution in [0.3, 0.4) is 0 Å². The monoisotopic (exact) mass is 221 g/mol. The summed E-state index contributed by atoms with van der Waals surface area (Å²) in [4.78, 5) is 11.2. The first-order valence-electron chi connectivity index (χ1n) is 4.33. The van der Waals surface area contributed by atoms with E-state index in [9.17, 15) is 4.79 Å². The lowest BCUT2D eigenvalue weighted by molar-refractivity contribution is -0.145. The first kappa shape index (κ1) is 13.4. The number of esters is 1. The molecule has 0 aliphatic carbocycles. The highest BCUT2D eigenvalue weighted by Crippen LogP contribution is 2.12. The van der Waals surface area contributed by atoms with Crippen molar-refractivity contribution in [2.45, 2.75) is 18.6 Å². The summed E-state index contributed by atoms with van der Waals surface area (Å²) in [5.74, 6) is -0.258. The third kappa shape index (κ3) is 3.29. The highest BCUT2D eigenvalue weighted by atomic mass is 35.5. The van der Waals surface area contributed by atoms with E-state index in [4.69, 9.17) is 4.74 Å². The van der Waals surface area contributed by atoms with Crippen LogP contribution in [0.4, 0.5) is 0 Å². The van der Waals surface area contributed by atoms with E-state index in [-0.39, 0.29) is 30.5 Å². The van der Waals surface area contributed by atoms with Crippen molar-refractivity contribution in [1.82, 2.24) is 5.32 Å². The van der Waals surface area contributed by atoms with Crippen LogP contribution in [0.25, 0.3) is 0 Å². The van der Waals surface area contributed by atoms with Crippen LogP contribution in [-0.4, -0.2) is 38.4 Å². The van der Waals surface area contributed by atoms with Gasteiger partial charge in [-0.05, 0) is 13.0 Å². The fourth-order valence-electron chi connectivity index (χ4n) is 1.41. The molecule has 0 saturated carbocycles. The number of hydrogen-bond donors (Lipinski definition) is 1. The highest BCUT2D eigenvalue weighted by molar-refractivity contribution is 5.85. The fraction of sp³-hybridized carbons (Fsp3) is 0.667. The zero-order valence-corrected chi connectivity index (χ0v) is 9.01. The minimum absolute atomic E-state index is 0. The molecule has 1 N–H and O–H groups in total. The molecule has 0 aromatic heterocycles. The van der Waals surface area contributed by atoms with Crippen molar-refractivity contribution in [1.29, 1.82) is 0 Å². The van der Waals surface area contributed by atoms with Gasteiger partial charge in [0, 0.05) is 0 Å². The molecule has 4 nitrogen and oxygen atoms in total. The standard InChI is InChI=1S/C9H15NO3.ClH/c1-3-6-13-7-4-5-10-8(7)9(11)12-2;/h3,7-8,10H,1,4-6H2,2H3;1H/t7-,8?;/m0./s1. The maximum atomic E-state index is 11.2. The Hall–Kier alpha value is -0.580. The molecule has 5 heteroatoms. The summed E-state index contributed by atoms with van der Waals surface area (Å²) in [6.45, 7) is 4.82. The Balaban J connectivity index is 0.00000169. The molecular formula is C9H16ClNO3. The van der Waals surface area contributed by atoms with E-state index in [1.54, 1.807) is 6.08 Å². The molecule has 1 fully saturated rings. The van der Waals surface area contributed by atoms with E-state index in [1.165, 1.54) is 7.11 Å². The number of rotatable bonds is 4. The largest absolute Gasteiger partial charge is 0.468 e. The number of carbonyl (C=O) groups excluding carboxylic acids is 1. The van der Waals surface area contributed by atoms with Gasteiger partial charge in [-0.2, -0.15) is 0 Å². The zero-order chi connectivity index (χ0) is 9.68. The summed E-state index contributed by atoms with van der Waals surface area (Å²) in [6, 6.07) is -0.315. The summed E-state index contributed by atoms with van der Waals surface area (Å²) in [5, 5.41) is 3.03. The van der Waals surface area contributed by atoms with Gasteiger partial charge in [-0.3, -0.25) is 4.79 Å². The number of ether oxygens (including phenoxy) is 2. The molecule has 0 bridgehead atoms. The average molecular weight is 222 g/mol. The van der Waals surface area contributed by atoms with Gasteiger partial charge in [0.25, 0.3) is 0 Å². The molecule has 0 aromatic rings. The summed E-state index contributed by atoms with van der Waals surface area (Å²) >= 11 is 0. The van der Waals surface area contributed by atoms with Crippen molar-refractivity contribution in [2.75, 3.05) is 20.3 Å². The van der Waals surface area contributed by atoms with Crippen LogP contribution >= 0.6 is 12.4 Å². The van der Waals surface area contributed by atoms with Crippen LogP contribution in [0, 0.1) is 0 Å². The van der Waals surface area contributed by atoms with Crippen molar-refractivity contribution in [2.24, 2.45) is 0 Å². The van der Waals surface area contributed by atoms with Gasteiger partial charge < -0.3 is 14.8 Å². The third-order valence-electron chi connectivity index (χ3n) is 2.05. The van der Waals surface area contributed by atoms with E-state index < -0.39 is 0 Å². The molecule has 0 aromatic carbocycles. The van der Waals surface area contributed by atoms with Crippen LogP contribution in [0.1, 0.15) is 6.42 Å². The van der Waals surface area contributed by atoms with Crippen LogP contribution in [-0.2, 0) is 14.3 Å². The lowest BCUT2D eigenvalue weighted by Gasteiger charge is -2.16. The van der Waals surface area contributed by atoms with E-state index in [1.807, 2.05) is 0 Å². The van der Waals surface area contributed by atoms with Gasteiger partial charge in [0.1, 0.15) is 6.04 Å².